The van der Waals surface area contributed by atoms with Crippen molar-refractivity contribution in [2.24, 2.45) is 5.73 Å². The molecule has 1 aromatic carbocycles. The topological polar surface area (TPSA) is 90.8 Å². The van der Waals surface area contributed by atoms with E-state index in [0.717, 1.165) is 47.6 Å². The molecule has 1 aliphatic rings. The first-order valence-corrected chi connectivity index (χ1v) is 8.91. The Morgan fingerprint density at radius 2 is 2.19 bits per heavy atom. The molecule has 7 nitrogen and oxygen atoms in total. The van der Waals surface area contributed by atoms with E-state index >= 15 is 0 Å². The summed E-state index contributed by atoms with van der Waals surface area (Å²) < 4.78 is 3.89. The summed E-state index contributed by atoms with van der Waals surface area (Å²) in [6.07, 6.45) is 7.13. The van der Waals surface area contributed by atoms with Crippen LogP contribution in [-0.4, -0.2) is 25.5 Å². The average Bonchev–Trinajstić information content (AvgIpc) is 3.33. The largest absolute Gasteiger partial charge is 0.351 e. The number of aromatic nitrogens is 4. The minimum atomic E-state index is -0.0165. The molecular weight excluding hydrogens is 328 g/mol. The predicted molar refractivity (Wildman–Crippen MR) is 97.8 cm³/mol. The first-order chi connectivity index (χ1) is 12.7. The van der Waals surface area contributed by atoms with Crippen molar-refractivity contribution in [2.75, 3.05) is 0 Å². The second-order valence-electron chi connectivity index (χ2n) is 6.54. The lowest BCUT2D eigenvalue weighted by Crippen LogP contribution is -2.24. The number of aryl methyl sites for hydroxylation is 1. The number of nitrogens with two attached hydrogens (primary N) is 1. The fraction of sp³-hybridized carbons (Fsp3) is 0.316. The van der Waals surface area contributed by atoms with Gasteiger partial charge in [-0.2, -0.15) is 0 Å². The smallest absolute Gasteiger partial charge is 0.253 e. The van der Waals surface area contributed by atoms with Gasteiger partial charge in [0, 0.05) is 31.5 Å². The van der Waals surface area contributed by atoms with Gasteiger partial charge >= 0.3 is 0 Å². The van der Waals surface area contributed by atoms with Crippen LogP contribution >= 0.6 is 0 Å². The number of nitrogens with one attached hydrogen (secondary N) is 1. The molecule has 0 spiro atoms. The normalized spacial score (nSPS) is 13.4. The van der Waals surface area contributed by atoms with Crippen LogP contribution in [0.3, 0.4) is 0 Å². The lowest BCUT2D eigenvalue weighted by Gasteiger charge is -2.16. The van der Waals surface area contributed by atoms with Gasteiger partial charge < -0.3 is 15.6 Å². The van der Waals surface area contributed by atoms with Crippen LogP contribution in [-0.2, 0) is 26.1 Å². The number of carbonyl (C=O) groups excluding carboxylic acids is 1. The van der Waals surface area contributed by atoms with Gasteiger partial charge in [0.2, 0.25) is 0 Å². The zero-order valence-corrected chi connectivity index (χ0v) is 14.6. The van der Waals surface area contributed by atoms with Crippen LogP contribution in [0.1, 0.15) is 40.2 Å². The molecule has 3 N–H and O–H groups in total. The summed E-state index contributed by atoms with van der Waals surface area (Å²) in [5, 5.41) is 11.1. The average molecular weight is 350 g/mol. The summed E-state index contributed by atoms with van der Waals surface area (Å²) in [6.45, 7) is 1.83. The summed E-state index contributed by atoms with van der Waals surface area (Å²) in [6, 6.07) is 9.80. The maximum absolute atomic E-state index is 12.6. The third-order valence-electron chi connectivity index (χ3n) is 4.76. The van der Waals surface area contributed by atoms with Gasteiger partial charge in [-0.1, -0.05) is 17.3 Å². The van der Waals surface area contributed by atoms with Crippen LogP contribution in [0.25, 0.3) is 5.69 Å². The highest BCUT2D eigenvalue weighted by molar-refractivity contribution is 5.95. The van der Waals surface area contributed by atoms with E-state index in [1.807, 2.05) is 42.7 Å². The van der Waals surface area contributed by atoms with Gasteiger partial charge in [0.1, 0.15) is 0 Å². The van der Waals surface area contributed by atoms with Crippen molar-refractivity contribution in [1.82, 2.24) is 24.9 Å². The molecule has 7 heteroatoms. The minimum absolute atomic E-state index is 0.0165. The quantitative estimate of drug-likeness (QED) is 0.734. The Morgan fingerprint density at radius 1 is 1.27 bits per heavy atom. The monoisotopic (exact) mass is 350 g/mol. The maximum atomic E-state index is 12.6. The third kappa shape index (κ3) is 3.25. The Morgan fingerprint density at radius 3 is 3.04 bits per heavy atom. The predicted octanol–water partition coefficient (Wildman–Crippen LogP) is 1.79. The number of carbonyl (C=O) groups is 1. The molecule has 0 aliphatic carbocycles. The number of benzene rings is 1. The fourth-order valence-electron chi connectivity index (χ4n) is 3.38. The van der Waals surface area contributed by atoms with E-state index in [2.05, 4.69) is 20.2 Å². The number of amides is 1. The maximum Gasteiger partial charge on any atom is 0.253 e. The number of hydrogen-bond donors (Lipinski definition) is 2. The molecule has 1 amide bonds. The Balaban J connectivity index is 1.45. The molecule has 4 rings (SSSR count). The SMILES string of the molecule is NCc1cn(-c2cccc(CNC(=O)c3ccn4c3CCCC4)c2)nn1. The summed E-state index contributed by atoms with van der Waals surface area (Å²) >= 11 is 0. The Kier molecular flexibility index (Phi) is 4.53. The molecule has 26 heavy (non-hydrogen) atoms. The highest BCUT2D eigenvalue weighted by atomic mass is 16.1. The number of rotatable bonds is 5. The van der Waals surface area contributed by atoms with Crippen molar-refractivity contribution < 1.29 is 4.79 Å². The van der Waals surface area contributed by atoms with Gasteiger partial charge in [-0.05, 0) is 43.0 Å². The second-order valence-corrected chi connectivity index (χ2v) is 6.54. The number of fused-ring (bicyclic) bond motifs is 1. The van der Waals surface area contributed by atoms with Gasteiger partial charge in [0.05, 0.1) is 23.1 Å². The van der Waals surface area contributed by atoms with E-state index < -0.39 is 0 Å². The standard InChI is InChI=1S/C19H22N6O/c20-11-15-13-25(23-22-15)16-5-3-4-14(10-16)12-21-19(26)17-7-9-24-8-2-1-6-18(17)24/h3-5,7,9-10,13H,1-2,6,8,11-12,20H2,(H,21,26). The van der Waals surface area contributed by atoms with Crippen molar-refractivity contribution in [2.45, 2.75) is 38.9 Å². The van der Waals surface area contributed by atoms with Gasteiger partial charge in [-0.3, -0.25) is 4.79 Å². The number of nitrogens with zero attached hydrogens (tertiary/aromatic N) is 4. The molecule has 3 aromatic rings. The molecule has 0 fully saturated rings. The van der Waals surface area contributed by atoms with E-state index in [-0.39, 0.29) is 5.91 Å². The summed E-state index contributed by atoms with van der Waals surface area (Å²) in [4.78, 5) is 12.6. The van der Waals surface area contributed by atoms with E-state index in [0.29, 0.717) is 13.1 Å². The summed E-state index contributed by atoms with van der Waals surface area (Å²) in [7, 11) is 0. The Bertz CT molecular complexity index is 926. The molecule has 0 saturated carbocycles. The fourth-order valence-corrected chi connectivity index (χ4v) is 3.38. The van der Waals surface area contributed by atoms with Gasteiger partial charge in [-0.25, -0.2) is 4.68 Å². The van der Waals surface area contributed by atoms with Gasteiger partial charge in [-0.15, -0.1) is 5.10 Å². The van der Waals surface area contributed by atoms with Crippen molar-refractivity contribution >= 4 is 5.91 Å². The molecule has 134 valence electrons. The van der Waals surface area contributed by atoms with Crippen molar-refractivity contribution in [1.29, 1.82) is 0 Å². The van der Waals surface area contributed by atoms with Gasteiger partial charge in [0.25, 0.3) is 5.91 Å². The Hall–Kier alpha value is -2.93. The molecule has 0 atom stereocenters. The van der Waals surface area contributed by atoms with Crippen LogP contribution in [0.2, 0.25) is 0 Å². The molecule has 0 saturated heterocycles. The van der Waals surface area contributed by atoms with Gasteiger partial charge in [0.15, 0.2) is 0 Å². The van der Waals surface area contributed by atoms with E-state index in [9.17, 15) is 4.79 Å². The summed E-state index contributed by atoms with van der Waals surface area (Å²) in [5.41, 5.74) is 10.2. The van der Waals surface area contributed by atoms with Crippen LogP contribution < -0.4 is 11.1 Å². The van der Waals surface area contributed by atoms with E-state index in [4.69, 9.17) is 5.73 Å². The highest BCUT2D eigenvalue weighted by Crippen LogP contribution is 2.20. The van der Waals surface area contributed by atoms with Crippen molar-refractivity contribution in [3.8, 4) is 5.69 Å². The third-order valence-corrected chi connectivity index (χ3v) is 4.76. The van der Waals surface area contributed by atoms with Crippen LogP contribution in [0.4, 0.5) is 0 Å². The molecular formula is C19H22N6O. The van der Waals surface area contributed by atoms with Crippen LogP contribution in [0.5, 0.6) is 0 Å². The molecule has 3 heterocycles. The minimum Gasteiger partial charge on any atom is -0.351 e. The molecule has 0 unspecified atom stereocenters. The zero-order valence-electron chi connectivity index (χ0n) is 14.6. The molecule has 1 aliphatic heterocycles. The van der Waals surface area contributed by atoms with E-state index in [1.165, 1.54) is 6.42 Å². The van der Waals surface area contributed by atoms with Crippen molar-refractivity contribution in [3.63, 3.8) is 0 Å². The first kappa shape index (κ1) is 16.5. The molecule has 0 radical (unpaired) electrons. The first-order valence-electron chi connectivity index (χ1n) is 8.91. The van der Waals surface area contributed by atoms with Crippen LogP contribution in [0, 0.1) is 0 Å². The molecule has 2 aromatic heterocycles. The van der Waals surface area contributed by atoms with Crippen molar-refractivity contribution in [3.05, 3.63) is 65.2 Å². The lowest BCUT2D eigenvalue weighted by atomic mass is 10.1. The van der Waals surface area contributed by atoms with Crippen LogP contribution in [0.15, 0.2) is 42.7 Å². The second kappa shape index (κ2) is 7.13. The number of hydrogen-bond acceptors (Lipinski definition) is 4. The Labute approximate surface area is 151 Å². The summed E-state index contributed by atoms with van der Waals surface area (Å²) in [5.74, 6) is -0.0165. The molecule has 0 bridgehead atoms. The zero-order chi connectivity index (χ0) is 17.9. The van der Waals surface area contributed by atoms with E-state index in [1.54, 1.807) is 4.68 Å². The lowest BCUT2D eigenvalue weighted by molar-refractivity contribution is 0.0949. The highest BCUT2D eigenvalue weighted by Gasteiger charge is 2.18.